The van der Waals surface area contributed by atoms with Crippen molar-refractivity contribution in [1.29, 1.82) is 0 Å². The number of amides is 2. The number of benzene rings is 2. The molecule has 3 heterocycles. The number of nitrogens with zero attached hydrogens (tertiary/aromatic N) is 2. The van der Waals surface area contributed by atoms with Crippen LogP contribution in [0.2, 0.25) is 0 Å². The first-order chi connectivity index (χ1) is 16.5. The van der Waals surface area contributed by atoms with Gasteiger partial charge in [0.25, 0.3) is 11.8 Å². The van der Waals surface area contributed by atoms with Gasteiger partial charge in [-0.3, -0.25) is 14.5 Å². The first-order valence-corrected chi connectivity index (χ1v) is 11.7. The summed E-state index contributed by atoms with van der Waals surface area (Å²) in [6.07, 6.45) is 2.38. The molecule has 0 bridgehead atoms. The van der Waals surface area contributed by atoms with Crippen LogP contribution in [0.1, 0.15) is 36.3 Å². The molecular weight excluding hydrogens is 428 g/mol. The minimum atomic E-state index is -0.300. The van der Waals surface area contributed by atoms with Gasteiger partial charge in [0.2, 0.25) is 0 Å². The van der Waals surface area contributed by atoms with Crippen LogP contribution in [-0.2, 0) is 29.1 Å². The Morgan fingerprint density at radius 1 is 0.941 bits per heavy atom. The van der Waals surface area contributed by atoms with Gasteiger partial charge in [-0.1, -0.05) is 50.2 Å². The van der Waals surface area contributed by atoms with Gasteiger partial charge in [-0.05, 0) is 53.3 Å². The highest BCUT2D eigenvalue weighted by Gasteiger charge is 2.42. The first kappa shape index (κ1) is 22.0. The lowest BCUT2D eigenvalue weighted by molar-refractivity contribution is -0.138. The van der Waals surface area contributed by atoms with E-state index in [0.29, 0.717) is 48.2 Å². The topological polar surface area (TPSA) is 63.0 Å². The van der Waals surface area contributed by atoms with E-state index < -0.39 is 0 Å². The number of ether oxygens (including phenoxy) is 1. The minimum absolute atomic E-state index is 0.109. The second-order valence-corrected chi connectivity index (χ2v) is 9.17. The smallest absolute Gasteiger partial charge is 0.278 e. The molecule has 0 atom stereocenters. The summed E-state index contributed by atoms with van der Waals surface area (Å²) in [6.45, 7) is 6.20. The van der Waals surface area contributed by atoms with Crippen molar-refractivity contribution in [1.82, 2.24) is 9.80 Å². The number of imide groups is 1. The molecule has 2 aliphatic heterocycles. The summed E-state index contributed by atoms with van der Waals surface area (Å²) < 4.78 is 11.2. The Hall–Kier alpha value is -3.80. The second kappa shape index (κ2) is 9.21. The molecule has 2 aromatic carbocycles. The number of carbonyl (C=O) groups excluding carboxylic acids is 2. The summed E-state index contributed by atoms with van der Waals surface area (Å²) in [5, 5.41) is 0. The summed E-state index contributed by atoms with van der Waals surface area (Å²) in [5.41, 5.74) is 4.08. The van der Waals surface area contributed by atoms with Crippen LogP contribution >= 0.6 is 0 Å². The highest BCUT2D eigenvalue weighted by Crippen LogP contribution is 2.35. The molecule has 3 aromatic rings. The van der Waals surface area contributed by atoms with Crippen molar-refractivity contribution in [2.24, 2.45) is 5.92 Å². The van der Waals surface area contributed by atoms with E-state index in [1.54, 1.807) is 18.4 Å². The van der Waals surface area contributed by atoms with Crippen molar-refractivity contribution in [2.75, 3.05) is 13.2 Å². The van der Waals surface area contributed by atoms with Gasteiger partial charge in [0.1, 0.15) is 17.2 Å². The molecule has 0 saturated carbocycles. The van der Waals surface area contributed by atoms with E-state index in [1.165, 1.54) is 16.0 Å². The van der Waals surface area contributed by atoms with Crippen LogP contribution in [0, 0.1) is 5.92 Å². The molecule has 34 heavy (non-hydrogen) atoms. The fourth-order valence-electron chi connectivity index (χ4n) is 4.49. The normalized spacial score (nSPS) is 16.0. The number of hydrogen-bond acceptors (Lipinski definition) is 5. The third kappa shape index (κ3) is 4.23. The van der Waals surface area contributed by atoms with Crippen LogP contribution in [0.5, 0.6) is 5.75 Å². The van der Waals surface area contributed by atoms with Gasteiger partial charge >= 0.3 is 0 Å². The lowest BCUT2D eigenvalue weighted by Crippen LogP contribution is -2.37. The van der Waals surface area contributed by atoms with E-state index in [1.807, 2.05) is 41.3 Å². The van der Waals surface area contributed by atoms with E-state index in [2.05, 4.69) is 26.0 Å². The standard InChI is InChI=1S/C28H28N2O4/c1-19(2)18-34-23-11-9-21(10-12-23)25-26(29-14-13-20-6-3-4-7-22(20)16-29)28(32)30(27(25)31)17-24-8-5-15-33-24/h3-12,15,19H,13-14,16-18H2,1-2H3. The van der Waals surface area contributed by atoms with Crippen LogP contribution in [-0.4, -0.2) is 34.8 Å². The highest BCUT2D eigenvalue weighted by atomic mass is 16.5. The van der Waals surface area contributed by atoms with E-state index in [0.717, 1.165) is 12.2 Å². The third-order valence-electron chi connectivity index (χ3n) is 6.21. The third-order valence-corrected chi connectivity index (χ3v) is 6.21. The van der Waals surface area contributed by atoms with Crippen LogP contribution in [0.4, 0.5) is 0 Å². The number of hydrogen-bond donors (Lipinski definition) is 0. The molecule has 0 aliphatic carbocycles. The summed E-state index contributed by atoms with van der Waals surface area (Å²) >= 11 is 0. The quantitative estimate of drug-likeness (QED) is 0.484. The predicted molar refractivity (Wildman–Crippen MR) is 129 cm³/mol. The Labute approximate surface area is 199 Å². The molecule has 0 unspecified atom stereocenters. The molecule has 2 aliphatic rings. The van der Waals surface area contributed by atoms with Gasteiger partial charge < -0.3 is 14.1 Å². The maximum atomic E-state index is 13.6. The zero-order valence-electron chi connectivity index (χ0n) is 19.5. The molecule has 174 valence electrons. The van der Waals surface area contributed by atoms with Gasteiger partial charge in [-0.15, -0.1) is 0 Å². The summed E-state index contributed by atoms with van der Waals surface area (Å²) in [6, 6.07) is 19.3. The Morgan fingerprint density at radius 2 is 1.71 bits per heavy atom. The van der Waals surface area contributed by atoms with Crippen molar-refractivity contribution in [3.8, 4) is 5.75 Å². The molecule has 2 amide bonds. The van der Waals surface area contributed by atoms with Crippen LogP contribution in [0.25, 0.3) is 5.57 Å². The fourth-order valence-corrected chi connectivity index (χ4v) is 4.49. The van der Waals surface area contributed by atoms with Crippen molar-refractivity contribution in [3.05, 3.63) is 95.1 Å². The van der Waals surface area contributed by atoms with Gasteiger partial charge in [0.05, 0.1) is 25.0 Å². The van der Waals surface area contributed by atoms with Gasteiger partial charge in [0.15, 0.2) is 0 Å². The van der Waals surface area contributed by atoms with E-state index in [-0.39, 0.29) is 18.4 Å². The van der Waals surface area contributed by atoms with Crippen molar-refractivity contribution < 1.29 is 18.7 Å². The highest BCUT2D eigenvalue weighted by molar-refractivity contribution is 6.35. The van der Waals surface area contributed by atoms with Crippen LogP contribution in [0.3, 0.4) is 0 Å². The van der Waals surface area contributed by atoms with Gasteiger partial charge in [0, 0.05) is 13.1 Å². The molecular formula is C28H28N2O4. The Morgan fingerprint density at radius 3 is 2.41 bits per heavy atom. The molecule has 0 N–H and O–H groups in total. The minimum Gasteiger partial charge on any atom is -0.493 e. The summed E-state index contributed by atoms with van der Waals surface area (Å²) in [5.74, 6) is 1.15. The van der Waals surface area contributed by atoms with Gasteiger partial charge in [-0.25, -0.2) is 0 Å². The largest absolute Gasteiger partial charge is 0.493 e. The first-order valence-electron chi connectivity index (χ1n) is 11.7. The summed E-state index contributed by atoms with van der Waals surface area (Å²) in [7, 11) is 0. The fraction of sp³-hybridized carbons (Fsp3) is 0.286. The predicted octanol–water partition coefficient (Wildman–Crippen LogP) is 4.65. The molecule has 1 aromatic heterocycles. The Kier molecular flexibility index (Phi) is 5.97. The van der Waals surface area contributed by atoms with Crippen LogP contribution < -0.4 is 4.74 Å². The van der Waals surface area contributed by atoms with E-state index in [9.17, 15) is 9.59 Å². The summed E-state index contributed by atoms with van der Waals surface area (Å²) in [4.78, 5) is 30.5. The maximum Gasteiger partial charge on any atom is 0.278 e. The second-order valence-electron chi connectivity index (χ2n) is 9.17. The van der Waals surface area contributed by atoms with Crippen LogP contribution in [0.15, 0.2) is 77.0 Å². The van der Waals surface area contributed by atoms with E-state index >= 15 is 0 Å². The molecule has 0 saturated heterocycles. The number of carbonyl (C=O) groups is 2. The average Bonchev–Trinajstić information content (AvgIpc) is 3.45. The monoisotopic (exact) mass is 456 g/mol. The zero-order chi connectivity index (χ0) is 23.7. The number of fused-ring (bicyclic) bond motifs is 1. The van der Waals surface area contributed by atoms with Crippen molar-refractivity contribution >= 4 is 17.4 Å². The van der Waals surface area contributed by atoms with Crippen molar-refractivity contribution in [2.45, 2.75) is 33.4 Å². The molecule has 0 fully saturated rings. The molecule has 6 nitrogen and oxygen atoms in total. The number of rotatable bonds is 7. The molecule has 0 spiro atoms. The zero-order valence-corrected chi connectivity index (χ0v) is 19.5. The van der Waals surface area contributed by atoms with Gasteiger partial charge in [-0.2, -0.15) is 0 Å². The van der Waals surface area contributed by atoms with E-state index in [4.69, 9.17) is 9.15 Å². The molecule has 5 rings (SSSR count). The lowest BCUT2D eigenvalue weighted by Gasteiger charge is -2.31. The average molecular weight is 457 g/mol. The Balaban J connectivity index is 1.50. The Bertz CT molecular complexity index is 1230. The number of furan rings is 1. The van der Waals surface area contributed by atoms with Crippen molar-refractivity contribution in [3.63, 3.8) is 0 Å². The maximum absolute atomic E-state index is 13.6. The lowest BCUT2D eigenvalue weighted by atomic mass is 9.98. The SMILES string of the molecule is CC(C)COc1ccc(C2=C(N3CCc4ccccc4C3)C(=O)N(Cc3ccco3)C2=O)cc1. The molecule has 0 radical (unpaired) electrons. The molecule has 6 heteroatoms.